The second-order valence-electron chi connectivity index (χ2n) is 5.93. The maximum atomic E-state index is 12.0. The van der Waals surface area contributed by atoms with Crippen molar-refractivity contribution in [2.45, 2.75) is 77.5 Å². The summed E-state index contributed by atoms with van der Waals surface area (Å²) in [6.45, 7) is 5.74. The summed E-state index contributed by atoms with van der Waals surface area (Å²) in [5.74, 6) is 0.107. The fourth-order valence-corrected chi connectivity index (χ4v) is 2.45. The van der Waals surface area contributed by atoms with Gasteiger partial charge < -0.3 is 15.2 Å². The van der Waals surface area contributed by atoms with Crippen LogP contribution in [0.5, 0.6) is 0 Å². The van der Waals surface area contributed by atoms with Crippen LogP contribution in [0, 0.1) is 5.92 Å². The molecule has 1 aliphatic rings. The van der Waals surface area contributed by atoms with Gasteiger partial charge in [-0.2, -0.15) is 0 Å². The molecular weight excluding hydrogens is 242 g/mol. The molecule has 1 saturated carbocycles. The van der Waals surface area contributed by atoms with Crippen molar-refractivity contribution in [2.24, 2.45) is 5.92 Å². The Morgan fingerprint density at radius 1 is 1.21 bits per heavy atom. The zero-order chi connectivity index (χ0) is 14.3. The number of hydrogen-bond donors (Lipinski definition) is 2. The molecule has 0 aliphatic heterocycles. The van der Waals surface area contributed by atoms with E-state index in [1.165, 1.54) is 25.7 Å². The highest BCUT2D eigenvalue weighted by molar-refractivity contribution is 5.80. The minimum Gasteiger partial charge on any atom is -0.394 e. The molecule has 4 nitrogen and oxygen atoms in total. The standard InChI is InChI=1S/C15H29NO3/c1-11(2)14(10-17)16-15(18)12(3)19-13-8-6-4-5-7-9-13/h11-14,17H,4-10H2,1-3H3,(H,16,18)/t12-,14-/m1/s1. The van der Waals surface area contributed by atoms with Crippen molar-refractivity contribution in [3.63, 3.8) is 0 Å². The van der Waals surface area contributed by atoms with Crippen molar-refractivity contribution >= 4 is 5.91 Å². The minimum absolute atomic E-state index is 0.0282. The quantitative estimate of drug-likeness (QED) is 0.728. The highest BCUT2D eigenvalue weighted by Gasteiger charge is 2.23. The smallest absolute Gasteiger partial charge is 0.249 e. The first-order chi connectivity index (χ1) is 9.04. The van der Waals surface area contributed by atoms with Crippen LogP contribution in [0.15, 0.2) is 0 Å². The third kappa shape index (κ3) is 5.91. The van der Waals surface area contributed by atoms with Crippen molar-refractivity contribution in [1.82, 2.24) is 5.32 Å². The number of hydrogen-bond acceptors (Lipinski definition) is 3. The summed E-state index contributed by atoms with van der Waals surface area (Å²) in [5, 5.41) is 12.1. The van der Waals surface area contributed by atoms with E-state index in [-0.39, 0.29) is 30.6 Å². The van der Waals surface area contributed by atoms with E-state index in [1.807, 2.05) is 13.8 Å². The first kappa shape index (κ1) is 16.4. The van der Waals surface area contributed by atoms with Crippen LogP contribution in [0.4, 0.5) is 0 Å². The van der Waals surface area contributed by atoms with Crippen LogP contribution in [0.3, 0.4) is 0 Å². The molecule has 2 atom stereocenters. The highest BCUT2D eigenvalue weighted by atomic mass is 16.5. The molecule has 1 aliphatic carbocycles. The van der Waals surface area contributed by atoms with E-state index in [1.54, 1.807) is 6.92 Å². The summed E-state index contributed by atoms with van der Waals surface area (Å²) in [6, 6.07) is -0.187. The molecule has 0 aromatic carbocycles. The predicted molar refractivity (Wildman–Crippen MR) is 75.9 cm³/mol. The first-order valence-electron chi connectivity index (χ1n) is 7.61. The Morgan fingerprint density at radius 2 is 1.79 bits per heavy atom. The molecule has 2 N–H and O–H groups in total. The second-order valence-corrected chi connectivity index (χ2v) is 5.93. The third-order valence-corrected chi connectivity index (χ3v) is 3.90. The molecule has 0 aromatic rings. The van der Waals surface area contributed by atoms with Gasteiger partial charge in [-0.15, -0.1) is 0 Å². The monoisotopic (exact) mass is 271 g/mol. The summed E-state index contributed by atoms with van der Waals surface area (Å²) in [5.41, 5.74) is 0. The van der Waals surface area contributed by atoms with E-state index >= 15 is 0 Å². The fraction of sp³-hybridized carbons (Fsp3) is 0.933. The first-order valence-corrected chi connectivity index (χ1v) is 7.61. The van der Waals surface area contributed by atoms with Gasteiger partial charge in [0.2, 0.25) is 5.91 Å². The van der Waals surface area contributed by atoms with Crippen molar-refractivity contribution in [2.75, 3.05) is 6.61 Å². The molecule has 1 fully saturated rings. The Balaban J connectivity index is 2.38. The fourth-order valence-electron chi connectivity index (χ4n) is 2.45. The Kier molecular flexibility index (Phi) is 7.39. The molecular formula is C15H29NO3. The number of amides is 1. The predicted octanol–water partition coefficient (Wildman–Crippen LogP) is 2.25. The molecule has 0 spiro atoms. The van der Waals surface area contributed by atoms with Crippen molar-refractivity contribution in [1.29, 1.82) is 0 Å². The van der Waals surface area contributed by atoms with E-state index in [0.717, 1.165) is 12.8 Å². The number of carbonyl (C=O) groups excluding carboxylic acids is 1. The summed E-state index contributed by atoms with van der Waals surface area (Å²) >= 11 is 0. The lowest BCUT2D eigenvalue weighted by molar-refractivity contribution is -0.137. The van der Waals surface area contributed by atoms with Gasteiger partial charge in [-0.25, -0.2) is 0 Å². The number of rotatable bonds is 6. The lowest BCUT2D eigenvalue weighted by Crippen LogP contribution is -2.46. The van der Waals surface area contributed by atoms with Crippen LogP contribution >= 0.6 is 0 Å². The zero-order valence-corrected chi connectivity index (χ0v) is 12.5. The Morgan fingerprint density at radius 3 is 2.26 bits per heavy atom. The molecule has 0 saturated heterocycles. The number of aliphatic hydroxyl groups excluding tert-OH is 1. The van der Waals surface area contributed by atoms with Gasteiger partial charge in [0, 0.05) is 0 Å². The van der Waals surface area contributed by atoms with E-state index in [0.29, 0.717) is 0 Å². The molecule has 0 heterocycles. The molecule has 1 amide bonds. The summed E-state index contributed by atoms with van der Waals surface area (Å²) in [6.07, 6.45) is 6.86. The van der Waals surface area contributed by atoms with Gasteiger partial charge in [0.15, 0.2) is 0 Å². The van der Waals surface area contributed by atoms with E-state index in [9.17, 15) is 9.90 Å². The SMILES string of the molecule is CC(C)[C@@H](CO)NC(=O)[C@@H](C)OC1CCCCCC1. The number of carbonyl (C=O) groups is 1. The van der Waals surface area contributed by atoms with Gasteiger partial charge in [-0.05, 0) is 25.7 Å². The van der Waals surface area contributed by atoms with Crippen LogP contribution in [0.1, 0.15) is 59.3 Å². The summed E-state index contributed by atoms with van der Waals surface area (Å²) in [4.78, 5) is 12.0. The van der Waals surface area contributed by atoms with Crippen LogP contribution in [-0.4, -0.2) is 35.9 Å². The average molecular weight is 271 g/mol. The summed E-state index contributed by atoms with van der Waals surface area (Å²) < 4.78 is 5.86. The Hall–Kier alpha value is -0.610. The lowest BCUT2D eigenvalue weighted by Gasteiger charge is -2.25. The Labute approximate surface area is 116 Å². The minimum atomic E-state index is -0.434. The van der Waals surface area contributed by atoms with Gasteiger partial charge in [0.1, 0.15) is 6.10 Å². The van der Waals surface area contributed by atoms with Gasteiger partial charge >= 0.3 is 0 Å². The largest absolute Gasteiger partial charge is 0.394 e. The van der Waals surface area contributed by atoms with E-state index < -0.39 is 6.10 Å². The van der Waals surface area contributed by atoms with Crippen LogP contribution < -0.4 is 5.32 Å². The van der Waals surface area contributed by atoms with Crippen molar-refractivity contribution in [3.8, 4) is 0 Å². The van der Waals surface area contributed by atoms with Crippen molar-refractivity contribution < 1.29 is 14.6 Å². The van der Waals surface area contributed by atoms with Crippen LogP contribution in [0.25, 0.3) is 0 Å². The number of ether oxygens (including phenoxy) is 1. The van der Waals surface area contributed by atoms with Gasteiger partial charge in [0.05, 0.1) is 18.8 Å². The Bertz CT molecular complexity index is 260. The van der Waals surface area contributed by atoms with Gasteiger partial charge in [0.25, 0.3) is 0 Å². The maximum Gasteiger partial charge on any atom is 0.249 e. The maximum absolute atomic E-state index is 12.0. The van der Waals surface area contributed by atoms with Crippen LogP contribution in [-0.2, 0) is 9.53 Å². The molecule has 0 aromatic heterocycles. The van der Waals surface area contributed by atoms with Crippen molar-refractivity contribution in [3.05, 3.63) is 0 Å². The molecule has 112 valence electrons. The molecule has 0 unspecified atom stereocenters. The summed E-state index contributed by atoms with van der Waals surface area (Å²) in [7, 11) is 0. The van der Waals surface area contributed by atoms with E-state index in [2.05, 4.69) is 5.32 Å². The van der Waals surface area contributed by atoms with Gasteiger partial charge in [-0.1, -0.05) is 39.5 Å². The van der Waals surface area contributed by atoms with Crippen LogP contribution in [0.2, 0.25) is 0 Å². The van der Waals surface area contributed by atoms with Gasteiger partial charge in [-0.3, -0.25) is 4.79 Å². The second kappa shape index (κ2) is 8.54. The molecule has 0 radical (unpaired) electrons. The molecule has 1 rings (SSSR count). The average Bonchev–Trinajstić information content (AvgIpc) is 2.63. The number of aliphatic hydroxyl groups is 1. The molecule has 0 bridgehead atoms. The third-order valence-electron chi connectivity index (χ3n) is 3.90. The lowest BCUT2D eigenvalue weighted by atomic mass is 10.1. The van der Waals surface area contributed by atoms with E-state index in [4.69, 9.17) is 4.74 Å². The zero-order valence-electron chi connectivity index (χ0n) is 12.5. The topological polar surface area (TPSA) is 58.6 Å². The molecule has 19 heavy (non-hydrogen) atoms. The normalized spacial score (nSPS) is 20.9. The molecule has 4 heteroatoms. The highest BCUT2D eigenvalue weighted by Crippen LogP contribution is 2.21. The number of nitrogens with one attached hydrogen (secondary N) is 1.